The number of carboxylic acids is 1. The molecule has 1 N–H and O–H groups in total. The summed E-state index contributed by atoms with van der Waals surface area (Å²) >= 11 is 0. The number of ether oxygens (including phenoxy) is 1. The summed E-state index contributed by atoms with van der Waals surface area (Å²) in [6.07, 6.45) is 11.4. The summed E-state index contributed by atoms with van der Waals surface area (Å²) in [4.78, 5) is 24.6. The molecule has 0 bridgehead atoms. The van der Waals surface area contributed by atoms with Crippen LogP contribution in [-0.4, -0.2) is 35.2 Å². The molecule has 1 aromatic rings. The molecular formula is C25H41NO4. The molecule has 0 aliphatic heterocycles. The van der Waals surface area contributed by atoms with E-state index in [1.807, 2.05) is 30.3 Å². The van der Waals surface area contributed by atoms with Crippen LogP contribution in [-0.2, 0) is 16.1 Å². The first kappa shape index (κ1) is 26.0. The lowest BCUT2D eigenvalue weighted by atomic mass is 9.89. The number of rotatable bonds is 15. The third-order valence-corrected chi connectivity index (χ3v) is 5.14. The number of hydrogen-bond acceptors (Lipinski definition) is 3. The fourth-order valence-electron chi connectivity index (χ4n) is 3.40. The van der Waals surface area contributed by atoms with Crippen molar-refractivity contribution >= 4 is 12.1 Å². The standard InChI is InChI=1S/C25H41NO4/c1-25(2,3)18-14-9-7-5-4-6-8-10-15-19-26(20-23(27)28)24(29)30-21-22-16-12-11-13-17-22/h11-13,16-17H,4-10,14-15,18-21H2,1-3H3,(H,27,28). The van der Waals surface area contributed by atoms with E-state index in [-0.39, 0.29) is 13.2 Å². The van der Waals surface area contributed by atoms with Gasteiger partial charge in [-0.25, -0.2) is 4.79 Å². The highest BCUT2D eigenvalue weighted by Gasteiger charge is 2.17. The van der Waals surface area contributed by atoms with Crippen LogP contribution in [0.15, 0.2) is 30.3 Å². The second kappa shape index (κ2) is 14.9. The number of unbranched alkanes of at least 4 members (excludes halogenated alkanes) is 8. The summed E-state index contributed by atoms with van der Waals surface area (Å²) in [7, 11) is 0. The van der Waals surface area contributed by atoms with E-state index in [0.717, 1.165) is 24.8 Å². The molecule has 0 radical (unpaired) electrons. The van der Waals surface area contributed by atoms with Crippen molar-refractivity contribution in [1.29, 1.82) is 0 Å². The van der Waals surface area contributed by atoms with Crippen LogP contribution < -0.4 is 0 Å². The number of carboxylic acid groups (broad SMARTS) is 1. The molecule has 0 aromatic heterocycles. The first-order valence-corrected chi connectivity index (χ1v) is 11.5. The van der Waals surface area contributed by atoms with Crippen LogP contribution in [0.4, 0.5) is 4.79 Å². The van der Waals surface area contributed by atoms with E-state index in [2.05, 4.69) is 20.8 Å². The molecule has 5 nitrogen and oxygen atoms in total. The first-order valence-electron chi connectivity index (χ1n) is 11.5. The number of carbonyl (C=O) groups excluding carboxylic acids is 1. The van der Waals surface area contributed by atoms with E-state index >= 15 is 0 Å². The van der Waals surface area contributed by atoms with Crippen LogP contribution >= 0.6 is 0 Å². The SMILES string of the molecule is CC(C)(C)CCCCCCCCCCCN(CC(=O)O)C(=O)OCc1ccccc1. The van der Waals surface area contributed by atoms with Crippen LogP contribution in [0.5, 0.6) is 0 Å². The van der Waals surface area contributed by atoms with Gasteiger partial charge in [-0.2, -0.15) is 0 Å². The molecule has 0 saturated heterocycles. The molecule has 0 spiro atoms. The van der Waals surface area contributed by atoms with Gasteiger partial charge < -0.3 is 9.84 Å². The van der Waals surface area contributed by atoms with Crippen LogP contribution in [0, 0.1) is 5.41 Å². The Balaban J connectivity index is 2.13. The lowest BCUT2D eigenvalue weighted by Crippen LogP contribution is -2.36. The van der Waals surface area contributed by atoms with Crippen molar-refractivity contribution in [2.45, 2.75) is 91.6 Å². The number of carbonyl (C=O) groups is 2. The molecule has 0 fully saturated rings. The highest BCUT2D eigenvalue weighted by Crippen LogP contribution is 2.22. The van der Waals surface area contributed by atoms with E-state index in [1.54, 1.807) is 0 Å². The quantitative estimate of drug-likeness (QED) is 0.323. The summed E-state index contributed by atoms with van der Waals surface area (Å²) in [6.45, 7) is 7.16. The molecule has 0 aliphatic carbocycles. The van der Waals surface area contributed by atoms with Crippen LogP contribution in [0.3, 0.4) is 0 Å². The Morgan fingerprint density at radius 1 is 0.867 bits per heavy atom. The van der Waals surface area contributed by atoms with Gasteiger partial charge in [0.05, 0.1) is 0 Å². The maximum Gasteiger partial charge on any atom is 0.410 e. The zero-order valence-corrected chi connectivity index (χ0v) is 19.2. The number of aliphatic carboxylic acids is 1. The topological polar surface area (TPSA) is 66.8 Å². The average molecular weight is 420 g/mol. The molecule has 30 heavy (non-hydrogen) atoms. The molecule has 0 unspecified atom stereocenters. The van der Waals surface area contributed by atoms with E-state index in [9.17, 15) is 9.59 Å². The Kier molecular flexibility index (Phi) is 12.9. The van der Waals surface area contributed by atoms with E-state index in [1.165, 1.54) is 49.8 Å². The Bertz CT molecular complexity index is 595. The van der Waals surface area contributed by atoms with Gasteiger partial charge in [0.1, 0.15) is 13.2 Å². The second-order valence-electron chi connectivity index (χ2n) is 9.35. The predicted molar refractivity (Wildman–Crippen MR) is 121 cm³/mol. The van der Waals surface area contributed by atoms with Gasteiger partial charge in [-0.05, 0) is 23.8 Å². The summed E-state index contributed by atoms with van der Waals surface area (Å²) in [5, 5.41) is 9.07. The van der Waals surface area contributed by atoms with Gasteiger partial charge >= 0.3 is 12.1 Å². The van der Waals surface area contributed by atoms with Gasteiger partial charge in [0.2, 0.25) is 0 Å². The summed E-state index contributed by atoms with van der Waals surface area (Å²) in [5.41, 5.74) is 1.34. The Morgan fingerprint density at radius 3 is 1.93 bits per heavy atom. The number of benzene rings is 1. The lowest BCUT2D eigenvalue weighted by Gasteiger charge is -2.20. The van der Waals surface area contributed by atoms with Crippen molar-refractivity contribution in [3.05, 3.63) is 35.9 Å². The summed E-state index contributed by atoms with van der Waals surface area (Å²) < 4.78 is 5.28. The molecule has 0 heterocycles. The molecule has 5 heteroatoms. The molecular weight excluding hydrogens is 378 g/mol. The fourth-order valence-corrected chi connectivity index (χ4v) is 3.40. The van der Waals surface area contributed by atoms with Crippen LogP contribution in [0.2, 0.25) is 0 Å². The van der Waals surface area contributed by atoms with Gasteiger partial charge in [0.25, 0.3) is 0 Å². The van der Waals surface area contributed by atoms with Gasteiger partial charge in [0, 0.05) is 6.54 Å². The molecule has 170 valence electrons. The minimum atomic E-state index is -1.02. The third kappa shape index (κ3) is 14.0. The lowest BCUT2D eigenvalue weighted by molar-refractivity contribution is -0.138. The highest BCUT2D eigenvalue weighted by molar-refractivity contribution is 5.76. The zero-order chi connectivity index (χ0) is 22.2. The van der Waals surface area contributed by atoms with Crippen LogP contribution in [0.1, 0.15) is 90.5 Å². The van der Waals surface area contributed by atoms with Crippen molar-refractivity contribution in [1.82, 2.24) is 4.90 Å². The second-order valence-corrected chi connectivity index (χ2v) is 9.35. The van der Waals surface area contributed by atoms with Gasteiger partial charge in [-0.1, -0.05) is 102 Å². The highest BCUT2D eigenvalue weighted by atomic mass is 16.6. The van der Waals surface area contributed by atoms with Gasteiger partial charge in [-0.15, -0.1) is 0 Å². The summed E-state index contributed by atoms with van der Waals surface area (Å²) in [5.74, 6) is -1.02. The third-order valence-electron chi connectivity index (χ3n) is 5.14. The molecule has 0 atom stereocenters. The molecule has 0 saturated carbocycles. The molecule has 1 rings (SSSR count). The molecule has 1 amide bonds. The Morgan fingerprint density at radius 2 is 1.40 bits per heavy atom. The monoisotopic (exact) mass is 419 g/mol. The van der Waals surface area contributed by atoms with Crippen molar-refractivity contribution in [3.63, 3.8) is 0 Å². The predicted octanol–water partition coefficient (Wildman–Crippen LogP) is 6.66. The van der Waals surface area contributed by atoms with Crippen molar-refractivity contribution in [2.75, 3.05) is 13.1 Å². The van der Waals surface area contributed by atoms with Crippen molar-refractivity contribution < 1.29 is 19.4 Å². The summed E-state index contributed by atoms with van der Waals surface area (Å²) in [6, 6.07) is 9.40. The van der Waals surface area contributed by atoms with Gasteiger partial charge in [-0.3, -0.25) is 9.69 Å². The number of hydrogen-bond donors (Lipinski definition) is 1. The van der Waals surface area contributed by atoms with E-state index < -0.39 is 12.1 Å². The number of nitrogens with zero attached hydrogens (tertiary/aromatic N) is 1. The van der Waals surface area contributed by atoms with Crippen molar-refractivity contribution in [2.24, 2.45) is 5.41 Å². The fraction of sp³-hybridized carbons (Fsp3) is 0.680. The normalized spacial score (nSPS) is 11.3. The molecule has 0 aliphatic rings. The van der Waals surface area contributed by atoms with Crippen molar-refractivity contribution in [3.8, 4) is 0 Å². The Hall–Kier alpha value is -2.04. The van der Waals surface area contributed by atoms with Crippen LogP contribution in [0.25, 0.3) is 0 Å². The average Bonchev–Trinajstić information content (AvgIpc) is 2.69. The zero-order valence-electron chi connectivity index (χ0n) is 19.2. The first-order chi connectivity index (χ1) is 14.3. The Labute approximate surface area is 182 Å². The van der Waals surface area contributed by atoms with E-state index in [4.69, 9.17) is 9.84 Å². The van der Waals surface area contributed by atoms with Gasteiger partial charge in [0.15, 0.2) is 0 Å². The maximum atomic E-state index is 12.2. The molecule has 1 aromatic carbocycles. The van der Waals surface area contributed by atoms with E-state index in [0.29, 0.717) is 12.0 Å². The largest absolute Gasteiger partial charge is 0.480 e. The maximum absolute atomic E-state index is 12.2. The number of amides is 1. The minimum Gasteiger partial charge on any atom is -0.480 e. The minimum absolute atomic E-state index is 0.158. The smallest absolute Gasteiger partial charge is 0.410 e.